The number of nitrogens with one attached hydrogen (secondary N) is 3. The summed E-state index contributed by atoms with van der Waals surface area (Å²) in [5.41, 5.74) is -0.637. The second kappa shape index (κ2) is 16.2. The van der Waals surface area contributed by atoms with E-state index in [0.29, 0.717) is 5.56 Å². The summed E-state index contributed by atoms with van der Waals surface area (Å²) in [7, 11) is 5.58. The van der Waals surface area contributed by atoms with Crippen molar-refractivity contribution in [2.75, 3.05) is 34.9 Å². The van der Waals surface area contributed by atoms with Gasteiger partial charge in [0.2, 0.25) is 17.7 Å². The number of nitrogens with zero attached hydrogens (tertiary/aromatic N) is 1. The maximum Gasteiger partial charge on any atom is 0.328 e. The lowest BCUT2D eigenvalue weighted by molar-refractivity contribution is -0.146. The predicted octanol–water partition coefficient (Wildman–Crippen LogP) is 2.24. The van der Waals surface area contributed by atoms with Crippen molar-refractivity contribution >= 4 is 29.7 Å². The van der Waals surface area contributed by atoms with Crippen LogP contribution in [-0.2, 0) is 38.9 Å². The Hall–Kier alpha value is -3.80. The Bertz CT molecular complexity index is 1190. The van der Waals surface area contributed by atoms with Gasteiger partial charge in [-0.3, -0.25) is 19.2 Å². The van der Waals surface area contributed by atoms with Gasteiger partial charge < -0.3 is 30.3 Å². The third kappa shape index (κ3) is 10.8. The zero-order valence-electron chi connectivity index (χ0n) is 26.9. The van der Waals surface area contributed by atoms with Crippen LogP contribution in [0.1, 0.15) is 59.9 Å². The van der Waals surface area contributed by atoms with Crippen molar-refractivity contribution in [2.24, 2.45) is 5.41 Å². The molecule has 0 saturated heterocycles. The van der Waals surface area contributed by atoms with Crippen molar-refractivity contribution in [3.63, 3.8) is 0 Å². The molecule has 43 heavy (non-hydrogen) atoms. The summed E-state index contributed by atoms with van der Waals surface area (Å²) in [6.07, 6.45) is 1.42. The van der Waals surface area contributed by atoms with E-state index < -0.39 is 58.5 Å². The Morgan fingerprint density at radius 1 is 1.00 bits per heavy atom. The monoisotopic (exact) mass is 606 g/mol. The number of amides is 3. The predicted molar refractivity (Wildman–Crippen MR) is 160 cm³/mol. The van der Waals surface area contributed by atoms with E-state index in [0.717, 1.165) is 0 Å². The van der Waals surface area contributed by atoms with Crippen LogP contribution in [0.15, 0.2) is 35.9 Å². The van der Waals surface area contributed by atoms with Gasteiger partial charge in [0.15, 0.2) is 0 Å². The highest BCUT2D eigenvalue weighted by atomic mass is 19.1. The summed E-state index contributed by atoms with van der Waals surface area (Å²) in [6.45, 7) is 10.7. The molecular weight excluding hydrogens is 559 g/mol. The van der Waals surface area contributed by atoms with E-state index in [2.05, 4.69) is 20.7 Å². The van der Waals surface area contributed by atoms with Crippen molar-refractivity contribution in [3.05, 3.63) is 47.3 Å². The summed E-state index contributed by atoms with van der Waals surface area (Å²) < 4.78 is 23.3. The minimum absolute atomic E-state index is 0.00660. The molecule has 0 aliphatic rings. The minimum Gasteiger partial charge on any atom is -0.469 e. The summed E-state index contributed by atoms with van der Waals surface area (Å²) >= 11 is 0. The van der Waals surface area contributed by atoms with Gasteiger partial charge in [-0.05, 0) is 43.5 Å². The minimum atomic E-state index is -1.06. The number of benzene rings is 1. The standard InChI is InChI=1S/C31H47FN4O7/c1-19(26(38)34-22(29(41)43-10)14-15-23(37)42-9)16-17-36(8)28(40)25(30(2,3)4)35-27(39)24(33-7)31(5,6)20-12-11-13-21(32)18-20/h11-13,16,18,22,24-25,33H,14-15,17H2,1-10H3,(H,34,38)(H,35,39)/b19-16+. The number of carbonyl (C=O) groups excluding carboxylic acids is 5. The van der Waals surface area contributed by atoms with E-state index in [-0.39, 0.29) is 30.9 Å². The number of rotatable bonds is 14. The molecule has 12 heteroatoms. The molecule has 1 aromatic rings. The van der Waals surface area contributed by atoms with Crippen LogP contribution in [0.25, 0.3) is 0 Å². The van der Waals surface area contributed by atoms with Crippen LogP contribution in [0.5, 0.6) is 0 Å². The first kappa shape index (κ1) is 37.2. The van der Waals surface area contributed by atoms with Crippen LogP contribution in [-0.4, -0.2) is 87.5 Å². The molecular formula is C31H47FN4O7. The zero-order valence-corrected chi connectivity index (χ0v) is 26.9. The Morgan fingerprint density at radius 3 is 2.14 bits per heavy atom. The van der Waals surface area contributed by atoms with Gasteiger partial charge in [-0.1, -0.05) is 52.8 Å². The Kier molecular flexibility index (Phi) is 14.0. The smallest absolute Gasteiger partial charge is 0.328 e. The molecule has 3 atom stereocenters. The number of ether oxygens (including phenoxy) is 2. The number of halogens is 1. The molecule has 3 amide bonds. The van der Waals surface area contributed by atoms with Crippen molar-refractivity contribution in [1.82, 2.24) is 20.9 Å². The summed E-state index contributed by atoms with van der Waals surface area (Å²) in [6, 6.07) is 3.28. The fourth-order valence-corrected chi connectivity index (χ4v) is 4.45. The summed E-state index contributed by atoms with van der Waals surface area (Å²) in [5.74, 6) is -3.03. The normalized spacial score (nSPS) is 14.2. The lowest BCUT2D eigenvalue weighted by Crippen LogP contribution is -2.60. The molecule has 11 nitrogen and oxygen atoms in total. The number of carbonyl (C=O) groups is 5. The fourth-order valence-electron chi connectivity index (χ4n) is 4.45. The number of hydrogen-bond donors (Lipinski definition) is 3. The van der Waals surface area contributed by atoms with Crippen molar-refractivity contribution < 1.29 is 37.8 Å². The maximum atomic E-state index is 14.0. The highest BCUT2D eigenvalue weighted by Crippen LogP contribution is 2.29. The van der Waals surface area contributed by atoms with Crippen LogP contribution in [0.4, 0.5) is 4.39 Å². The quantitative estimate of drug-likeness (QED) is 0.216. The van der Waals surface area contributed by atoms with Crippen molar-refractivity contribution in [1.29, 1.82) is 0 Å². The molecule has 3 N–H and O–H groups in total. The van der Waals surface area contributed by atoms with Gasteiger partial charge >= 0.3 is 11.9 Å². The lowest BCUT2D eigenvalue weighted by atomic mass is 9.76. The molecule has 0 aliphatic heterocycles. The summed E-state index contributed by atoms with van der Waals surface area (Å²) in [5, 5.41) is 8.44. The van der Waals surface area contributed by atoms with Gasteiger partial charge in [-0.2, -0.15) is 0 Å². The van der Waals surface area contributed by atoms with Gasteiger partial charge in [-0.15, -0.1) is 0 Å². The first-order valence-electron chi connectivity index (χ1n) is 14.0. The maximum absolute atomic E-state index is 14.0. The van der Waals surface area contributed by atoms with Crippen LogP contribution >= 0.6 is 0 Å². The van der Waals surface area contributed by atoms with E-state index in [1.165, 1.54) is 44.3 Å². The van der Waals surface area contributed by atoms with Gasteiger partial charge in [0, 0.05) is 31.0 Å². The Morgan fingerprint density at radius 2 is 1.63 bits per heavy atom. The molecule has 1 rings (SSSR count). The molecule has 0 aromatic heterocycles. The van der Waals surface area contributed by atoms with E-state index in [1.807, 2.05) is 34.6 Å². The topological polar surface area (TPSA) is 143 Å². The van der Waals surface area contributed by atoms with Crippen LogP contribution in [0, 0.1) is 11.2 Å². The van der Waals surface area contributed by atoms with Gasteiger partial charge in [0.05, 0.1) is 20.3 Å². The van der Waals surface area contributed by atoms with E-state index in [1.54, 1.807) is 26.2 Å². The highest BCUT2D eigenvalue weighted by molar-refractivity contribution is 5.96. The average Bonchev–Trinajstić information content (AvgIpc) is 2.94. The SMILES string of the molecule is CNC(C(=O)NC(C(=O)N(C)C/C=C(\C)C(=O)NC(CCC(=O)OC)C(=O)OC)C(C)(C)C)C(C)(C)c1cccc(F)c1. The van der Waals surface area contributed by atoms with Gasteiger partial charge in [0.25, 0.3) is 0 Å². The second-order valence-corrected chi connectivity index (χ2v) is 12.0. The van der Waals surface area contributed by atoms with Gasteiger partial charge in [0.1, 0.15) is 17.9 Å². The van der Waals surface area contributed by atoms with Crippen LogP contribution in [0.3, 0.4) is 0 Å². The molecule has 0 radical (unpaired) electrons. The Labute approximate surface area is 253 Å². The molecule has 1 aromatic carbocycles. The van der Waals surface area contributed by atoms with E-state index in [9.17, 15) is 28.4 Å². The molecule has 0 aliphatic carbocycles. The number of likely N-dealkylation sites (N-methyl/N-ethyl adjacent to an activating group) is 2. The third-order valence-electron chi connectivity index (χ3n) is 7.30. The average molecular weight is 607 g/mol. The molecule has 0 fully saturated rings. The number of hydrogen-bond acceptors (Lipinski definition) is 8. The second-order valence-electron chi connectivity index (χ2n) is 12.0. The van der Waals surface area contributed by atoms with Crippen LogP contribution < -0.4 is 16.0 Å². The molecule has 0 heterocycles. The third-order valence-corrected chi connectivity index (χ3v) is 7.30. The molecule has 0 spiro atoms. The Balaban J connectivity index is 3.05. The van der Waals surface area contributed by atoms with E-state index in [4.69, 9.17) is 4.74 Å². The first-order valence-corrected chi connectivity index (χ1v) is 14.0. The van der Waals surface area contributed by atoms with Gasteiger partial charge in [-0.25, -0.2) is 9.18 Å². The van der Waals surface area contributed by atoms with Crippen molar-refractivity contribution in [2.45, 2.75) is 77.9 Å². The number of esters is 2. The lowest BCUT2D eigenvalue weighted by Gasteiger charge is -2.38. The largest absolute Gasteiger partial charge is 0.469 e. The van der Waals surface area contributed by atoms with E-state index >= 15 is 0 Å². The molecule has 3 unspecified atom stereocenters. The van der Waals surface area contributed by atoms with Crippen LogP contribution in [0.2, 0.25) is 0 Å². The summed E-state index contributed by atoms with van der Waals surface area (Å²) in [4.78, 5) is 64.8. The van der Waals surface area contributed by atoms with Crippen molar-refractivity contribution in [3.8, 4) is 0 Å². The molecule has 0 bridgehead atoms. The highest BCUT2D eigenvalue weighted by Gasteiger charge is 2.40. The molecule has 0 saturated carbocycles. The number of methoxy groups -OCH3 is 2. The fraction of sp³-hybridized carbons (Fsp3) is 0.581. The molecule has 240 valence electrons. The first-order chi connectivity index (χ1) is 19.9. The zero-order chi connectivity index (χ0) is 33.1.